The summed E-state index contributed by atoms with van der Waals surface area (Å²) in [6, 6.07) is 9.08. The second kappa shape index (κ2) is 11.1. The molecule has 8 heteroatoms. The molecule has 0 saturated heterocycles. The predicted molar refractivity (Wildman–Crippen MR) is 145 cm³/mol. The largest absolute Gasteiger partial charge is 0.508 e. The van der Waals surface area contributed by atoms with Gasteiger partial charge in [0.2, 0.25) is 5.91 Å². The number of hydrogen-bond donors (Lipinski definition) is 2. The summed E-state index contributed by atoms with van der Waals surface area (Å²) >= 11 is 0. The molecule has 2 atom stereocenters. The molecular weight excluding hydrogens is 484 g/mol. The van der Waals surface area contributed by atoms with Gasteiger partial charge in [-0.3, -0.25) is 4.79 Å². The minimum absolute atomic E-state index is 0.129. The molecule has 2 aromatic rings. The van der Waals surface area contributed by atoms with Crippen molar-refractivity contribution >= 4 is 18.0 Å². The van der Waals surface area contributed by atoms with Crippen molar-refractivity contribution in [2.75, 3.05) is 0 Å². The normalized spacial score (nSPS) is 16.3. The highest BCUT2D eigenvalue weighted by atomic mass is 16.6. The van der Waals surface area contributed by atoms with Crippen molar-refractivity contribution in [3.63, 3.8) is 0 Å². The van der Waals surface area contributed by atoms with E-state index >= 15 is 0 Å². The van der Waals surface area contributed by atoms with E-state index in [1.54, 1.807) is 53.7 Å². The molecule has 2 amide bonds. The topological polar surface area (TPSA) is 105 Å². The van der Waals surface area contributed by atoms with Crippen molar-refractivity contribution in [2.24, 2.45) is 0 Å². The summed E-state index contributed by atoms with van der Waals surface area (Å²) < 4.78 is 11.2. The number of alkyl carbamates (subject to hydrolysis) is 1. The number of nitrogens with zero attached hydrogens (tertiary/aromatic N) is 1. The Morgan fingerprint density at radius 2 is 1.53 bits per heavy atom. The third-order valence-corrected chi connectivity index (χ3v) is 6.29. The third kappa shape index (κ3) is 7.49. The lowest BCUT2D eigenvalue weighted by Crippen LogP contribution is -2.57. The second-order valence-corrected chi connectivity index (χ2v) is 11.9. The van der Waals surface area contributed by atoms with Crippen molar-refractivity contribution in [3.8, 4) is 5.75 Å². The van der Waals surface area contributed by atoms with Crippen LogP contribution >= 0.6 is 0 Å². The van der Waals surface area contributed by atoms with E-state index in [2.05, 4.69) is 5.32 Å². The minimum atomic E-state index is -1.01. The first-order chi connectivity index (χ1) is 17.5. The number of carbonyl (C=O) groups is 3. The minimum Gasteiger partial charge on any atom is -0.508 e. The van der Waals surface area contributed by atoms with Gasteiger partial charge in [-0.05, 0) is 95.3 Å². The summed E-state index contributed by atoms with van der Waals surface area (Å²) in [5.74, 6) is -0.772. The van der Waals surface area contributed by atoms with Crippen molar-refractivity contribution in [3.05, 3.63) is 64.2 Å². The molecule has 0 saturated carbocycles. The van der Waals surface area contributed by atoms with Gasteiger partial charge in [-0.15, -0.1) is 0 Å². The molecule has 0 bridgehead atoms. The van der Waals surface area contributed by atoms with Gasteiger partial charge in [-0.1, -0.05) is 24.3 Å². The van der Waals surface area contributed by atoms with E-state index in [9.17, 15) is 19.5 Å². The van der Waals surface area contributed by atoms with Crippen LogP contribution in [0.5, 0.6) is 5.75 Å². The van der Waals surface area contributed by atoms with Crippen LogP contribution in [0, 0.1) is 13.8 Å². The fraction of sp³-hybridized carbons (Fsp3) is 0.500. The molecule has 2 N–H and O–H groups in total. The number of ether oxygens (including phenoxy) is 2. The van der Waals surface area contributed by atoms with E-state index in [1.807, 2.05) is 38.1 Å². The van der Waals surface area contributed by atoms with Gasteiger partial charge in [0.1, 0.15) is 29.0 Å². The average molecular weight is 525 g/mol. The van der Waals surface area contributed by atoms with Gasteiger partial charge >= 0.3 is 12.1 Å². The number of benzene rings is 2. The predicted octanol–water partition coefficient (Wildman–Crippen LogP) is 4.74. The van der Waals surface area contributed by atoms with Crippen LogP contribution in [0.1, 0.15) is 69.4 Å². The molecule has 38 heavy (non-hydrogen) atoms. The maximum absolute atomic E-state index is 14.2. The van der Waals surface area contributed by atoms with Gasteiger partial charge in [-0.2, -0.15) is 0 Å². The van der Waals surface area contributed by atoms with Crippen LogP contribution in [0.2, 0.25) is 0 Å². The first-order valence-electron chi connectivity index (χ1n) is 12.9. The lowest BCUT2D eigenvalue weighted by molar-refractivity contribution is -0.166. The quantitative estimate of drug-likeness (QED) is 0.548. The molecular formula is C30H40N2O6. The maximum Gasteiger partial charge on any atom is 0.408 e. The average Bonchev–Trinajstić information content (AvgIpc) is 2.76. The number of rotatable bonds is 5. The zero-order chi connectivity index (χ0) is 28.4. The number of esters is 1. The number of aryl methyl sites for hydroxylation is 2. The SMILES string of the molecule is Cc1cc(O)cc(C)c1C[C@@H](NC(=O)OC(C)(C)C)C(=O)N1Cc2ccccc2CC1C(=O)OC(C)(C)C. The molecule has 2 aromatic carbocycles. The van der Waals surface area contributed by atoms with E-state index < -0.39 is 41.3 Å². The lowest BCUT2D eigenvalue weighted by atomic mass is 9.91. The molecule has 0 aromatic heterocycles. The van der Waals surface area contributed by atoms with Crippen molar-refractivity contribution < 1.29 is 29.0 Å². The molecule has 3 rings (SSSR count). The molecule has 1 heterocycles. The number of nitrogens with one attached hydrogen (secondary N) is 1. The molecule has 206 valence electrons. The Morgan fingerprint density at radius 1 is 0.974 bits per heavy atom. The highest BCUT2D eigenvalue weighted by Gasteiger charge is 2.40. The van der Waals surface area contributed by atoms with E-state index in [4.69, 9.17) is 9.47 Å². The van der Waals surface area contributed by atoms with Crippen LogP contribution in [0.3, 0.4) is 0 Å². The highest BCUT2D eigenvalue weighted by Crippen LogP contribution is 2.28. The van der Waals surface area contributed by atoms with Gasteiger partial charge in [0.15, 0.2) is 0 Å². The molecule has 1 aliphatic rings. The molecule has 0 spiro atoms. The lowest BCUT2D eigenvalue weighted by Gasteiger charge is -2.38. The van der Waals surface area contributed by atoms with Crippen LogP contribution < -0.4 is 5.32 Å². The first-order valence-corrected chi connectivity index (χ1v) is 12.9. The number of carbonyl (C=O) groups excluding carboxylic acids is 3. The Labute approximate surface area is 225 Å². The number of aromatic hydroxyl groups is 1. The van der Waals surface area contributed by atoms with Crippen LogP contribution in [0.4, 0.5) is 4.79 Å². The number of hydrogen-bond acceptors (Lipinski definition) is 6. The van der Waals surface area contributed by atoms with Crippen LogP contribution in [-0.2, 0) is 38.4 Å². The van der Waals surface area contributed by atoms with Crippen LogP contribution in [-0.4, -0.2) is 51.3 Å². The summed E-state index contributed by atoms with van der Waals surface area (Å²) in [7, 11) is 0. The molecule has 1 aliphatic heterocycles. The van der Waals surface area contributed by atoms with Crippen molar-refractivity contribution in [2.45, 2.75) is 98.1 Å². The molecule has 0 aliphatic carbocycles. The Bertz CT molecular complexity index is 1180. The Kier molecular flexibility index (Phi) is 8.44. The van der Waals surface area contributed by atoms with Crippen LogP contribution in [0.25, 0.3) is 0 Å². The summed E-state index contributed by atoms with van der Waals surface area (Å²) in [6.07, 6.45) is -0.251. The van der Waals surface area contributed by atoms with Gasteiger partial charge in [0.25, 0.3) is 0 Å². The summed E-state index contributed by atoms with van der Waals surface area (Å²) in [4.78, 5) is 41.8. The molecule has 0 radical (unpaired) electrons. The first kappa shape index (κ1) is 29.0. The maximum atomic E-state index is 14.2. The fourth-order valence-corrected chi connectivity index (χ4v) is 4.68. The Balaban J connectivity index is 2.01. The highest BCUT2D eigenvalue weighted by molar-refractivity contribution is 5.90. The van der Waals surface area contributed by atoms with E-state index in [1.165, 1.54) is 4.90 Å². The third-order valence-electron chi connectivity index (χ3n) is 6.29. The fourth-order valence-electron chi connectivity index (χ4n) is 4.68. The zero-order valence-electron chi connectivity index (χ0n) is 23.7. The van der Waals surface area contributed by atoms with Crippen molar-refractivity contribution in [1.29, 1.82) is 0 Å². The van der Waals surface area contributed by atoms with E-state index in [0.717, 1.165) is 27.8 Å². The Hall–Kier alpha value is -3.55. The molecule has 8 nitrogen and oxygen atoms in total. The zero-order valence-corrected chi connectivity index (χ0v) is 23.7. The standard InChI is InChI=1S/C30H40N2O6/c1-18-13-22(33)14-19(2)23(18)16-24(31-28(36)38-30(6,7)8)26(34)32-17-21-12-10-9-11-20(21)15-25(32)27(35)37-29(3,4)5/h9-14,24-25,33H,15-17H2,1-8H3,(H,31,36)/t24-,25?/m1/s1. The van der Waals surface area contributed by atoms with Gasteiger partial charge < -0.3 is 24.8 Å². The Morgan fingerprint density at radius 3 is 2.08 bits per heavy atom. The number of phenols is 1. The van der Waals surface area contributed by atoms with E-state index in [0.29, 0.717) is 6.42 Å². The second-order valence-electron chi connectivity index (χ2n) is 11.9. The smallest absolute Gasteiger partial charge is 0.408 e. The van der Waals surface area contributed by atoms with Gasteiger partial charge in [0.05, 0.1) is 0 Å². The monoisotopic (exact) mass is 524 g/mol. The van der Waals surface area contributed by atoms with E-state index in [-0.39, 0.29) is 18.7 Å². The summed E-state index contributed by atoms with van der Waals surface area (Å²) in [5, 5.41) is 12.8. The van der Waals surface area contributed by atoms with Gasteiger partial charge in [-0.25, -0.2) is 9.59 Å². The summed E-state index contributed by atoms with van der Waals surface area (Å²) in [6.45, 7) is 14.5. The molecule has 1 unspecified atom stereocenters. The number of phenolic OH excluding ortho intramolecular Hbond substituents is 1. The summed E-state index contributed by atoms with van der Waals surface area (Å²) in [5.41, 5.74) is 2.84. The number of fused-ring (bicyclic) bond motifs is 1. The number of amides is 2. The molecule has 0 fully saturated rings. The van der Waals surface area contributed by atoms with Crippen LogP contribution in [0.15, 0.2) is 36.4 Å². The van der Waals surface area contributed by atoms with Gasteiger partial charge in [0, 0.05) is 19.4 Å². The van der Waals surface area contributed by atoms with Crippen molar-refractivity contribution in [1.82, 2.24) is 10.2 Å².